The molecule has 0 N–H and O–H groups in total. The summed E-state index contributed by atoms with van der Waals surface area (Å²) in [4.78, 5) is 25.7. The Bertz CT molecular complexity index is 773. The predicted octanol–water partition coefficient (Wildman–Crippen LogP) is 3.34. The molecule has 3 rings (SSSR count). The van der Waals surface area contributed by atoms with Gasteiger partial charge >= 0.3 is 0 Å². The summed E-state index contributed by atoms with van der Waals surface area (Å²) in [5.41, 5.74) is 2.35. The van der Waals surface area contributed by atoms with Crippen molar-refractivity contribution in [2.75, 3.05) is 11.9 Å². The Kier molecular flexibility index (Phi) is 3.37. The number of carbonyl (C=O) groups excluding carboxylic acids is 2. The second kappa shape index (κ2) is 5.07. The second-order valence-corrected chi connectivity index (χ2v) is 5.78. The molecule has 0 aliphatic carbocycles. The molecule has 0 radical (unpaired) electrons. The van der Waals surface area contributed by atoms with Gasteiger partial charge in [-0.2, -0.15) is 0 Å². The first-order chi connectivity index (χ1) is 9.97. The molecule has 0 saturated carbocycles. The molecule has 1 amide bonds. The summed E-state index contributed by atoms with van der Waals surface area (Å²) < 4.78 is 13.9. The third-order valence-corrected chi connectivity index (χ3v) is 4.28. The molecule has 0 unspecified atom stereocenters. The first kappa shape index (κ1) is 13.9. The highest BCUT2D eigenvalue weighted by Gasteiger charge is 2.25. The fraction of sp³-hybridized carbons (Fsp3) is 0.125. The van der Waals surface area contributed by atoms with E-state index in [1.807, 2.05) is 0 Å². The molecular formula is C16H11BrFNO2. The van der Waals surface area contributed by atoms with Gasteiger partial charge in [-0.15, -0.1) is 0 Å². The van der Waals surface area contributed by atoms with Gasteiger partial charge < -0.3 is 4.90 Å². The zero-order chi connectivity index (χ0) is 15.1. The number of hydrogen-bond acceptors (Lipinski definition) is 2. The molecule has 3 nitrogen and oxygen atoms in total. The third kappa shape index (κ3) is 2.38. The Labute approximate surface area is 129 Å². The average Bonchev–Trinajstić information content (AvgIpc) is 2.75. The van der Waals surface area contributed by atoms with Crippen molar-refractivity contribution < 1.29 is 14.0 Å². The minimum absolute atomic E-state index is 0.00142. The van der Waals surface area contributed by atoms with E-state index in [0.29, 0.717) is 10.0 Å². The van der Waals surface area contributed by atoms with E-state index in [2.05, 4.69) is 15.9 Å². The summed E-state index contributed by atoms with van der Waals surface area (Å²) >= 11 is 3.26. The number of benzene rings is 2. The van der Waals surface area contributed by atoms with Crippen molar-refractivity contribution in [3.63, 3.8) is 0 Å². The molecule has 21 heavy (non-hydrogen) atoms. The summed E-state index contributed by atoms with van der Waals surface area (Å²) in [6.45, 7) is 0. The maximum absolute atomic E-state index is 13.3. The van der Waals surface area contributed by atoms with E-state index in [1.165, 1.54) is 18.2 Å². The first-order valence-electron chi connectivity index (χ1n) is 6.36. The van der Waals surface area contributed by atoms with Gasteiger partial charge in [0.1, 0.15) is 5.82 Å². The van der Waals surface area contributed by atoms with Crippen LogP contribution < -0.4 is 4.90 Å². The molecule has 0 saturated heterocycles. The summed E-state index contributed by atoms with van der Waals surface area (Å²) in [6.07, 6.45) is 0.289. The standard InChI is InChI=1S/C16H11BrFNO2/c1-19-14-5-2-9(6-10(14)7-15(19)20)16(21)12-8-11(18)3-4-13(12)17/h2-6,8H,7H2,1H3. The monoisotopic (exact) mass is 347 g/mol. The maximum atomic E-state index is 13.3. The van der Waals surface area contributed by atoms with E-state index < -0.39 is 5.82 Å². The van der Waals surface area contributed by atoms with Crippen LogP contribution in [0.25, 0.3) is 0 Å². The molecule has 0 atom stereocenters. The summed E-state index contributed by atoms with van der Waals surface area (Å²) in [5.74, 6) is -0.731. The third-order valence-electron chi connectivity index (χ3n) is 3.59. The van der Waals surface area contributed by atoms with Crippen LogP contribution >= 0.6 is 15.9 Å². The lowest BCUT2D eigenvalue weighted by Crippen LogP contribution is -2.20. The van der Waals surface area contributed by atoms with Crippen LogP contribution in [-0.4, -0.2) is 18.7 Å². The van der Waals surface area contributed by atoms with Crippen molar-refractivity contribution in [2.45, 2.75) is 6.42 Å². The van der Waals surface area contributed by atoms with E-state index >= 15 is 0 Å². The van der Waals surface area contributed by atoms with E-state index in [4.69, 9.17) is 0 Å². The fourth-order valence-electron chi connectivity index (χ4n) is 2.44. The van der Waals surface area contributed by atoms with E-state index in [0.717, 1.165) is 11.3 Å². The summed E-state index contributed by atoms with van der Waals surface area (Å²) in [6, 6.07) is 9.12. The average molecular weight is 348 g/mol. The Morgan fingerprint density at radius 1 is 1.24 bits per heavy atom. The number of likely N-dealkylation sites (N-methyl/N-ethyl adjacent to an activating group) is 1. The number of halogens is 2. The lowest BCUT2D eigenvalue weighted by Gasteiger charge is -2.10. The lowest BCUT2D eigenvalue weighted by molar-refractivity contribution is -0.117. The van der Waals surface area contributed by atoms with Crippen LogP contribution in [0.15, 0.2) is 40.9 Å². The molecule has 1 heterocycles. The summed E-state index contributed by atoms with van der Waals surface area (Å²) in [5, 5.41) is 0. The summed E-state index contributed by atoms with van der Waals surface area (Å²) in [7, 11) is 1.71. The highest BCUT2D eigenvalue weighted by Crippen LogP contribution is 2.30. The van der Waals surface area contributed by atoms with Gasteiger partial charge in [-0.3, -0.25) is 9.59 Å². The lowest BCUT2D eigenvalue weighted by atomic mass is 10.00. The molecule has 1 aliphatic heterocycles. The van der Waals surface area contributed by atoms with Gasteiger partial charge in [0.05, 0.1) is 6.42 Å². The topological polar surface area (TPSA) is 37.4 Å². The molecule has 0 bridgehead atoms. The number of rotatable bonds is 2. The van der Waals surface area contributed by atoms with Crippen molar-refractivity contribution in [3.8, 4) is 0 Å². The quantitative estimate of drug-likeness (QED) is 0.781. The van der Waals surface area contributed by atoms with Crippen LogP contribution in [-0.2, 0) is 11.2 Å². The molecule has 0 spiro atoms. The predicted molar refractivity (Wildman–Crippen MR) is 81.1 cm³/mol. The molecule has 0 fully saturated rings. The number of hydrogen-bond donors (Lipinski definition) is 0. The van der Waals surface area contributed by atoms with Crippen LogP contribution in [0.2, 0.25) is 0 Å². The van der Waals surface area contributed by atoms with Crippen molar-refractivity contribution in [2.24, 2.45) is 0 Å². The van der Waals surface area contributed by atoms with E-state index in [9.17, 15) is 14.0 Å². The van der Waals surface area contributed by atoms with Crippen LogP contribution in [0.1, 0.15) is 21.5 Å². The minimum atomic E-state index is -0.461. The number of fused-ring (bicyclic) bond motifs is 1. The zero-order valence-electron chi connectivity index (χ0n) is 11.2. The minimum Gasteiger partial charge on any atom is -0.315 e. The molecule has 2 aromatic carbocycles. The van der Waals surface area contributed by atoms with Gasteiger partial charge in [0.15, 0.2) is 5.78 Å². The van der Waals surface area contributed by atoms with Gasteiger partial charge in [-0.25, -0.2) is 4.39 Å². The van der Waals surface area contributed by atoms with E-state index in [-0.39, 0.29) is 23.7 Å². The van der Waals surface area contributed by atoms with Gasteiger partial charge in [-0.05, 0) is 42.0 Å². The van der Waals surface area contributed by atoms with Crippen LogP contribution in [0.5, 0.6) is 0 Å². The van der Waals surface area contributed by atoms with Crippen LogP contribution in [0.4, 0.5) is 10.1 Å². The van der Waals surface area contributed by atoms with Crippen molar-refractivity contribution in [1.29, 1.82) is 0 Å². The molecular weight excluding hydrogens is 337 g/mol. The molecule has 5 heteroatoms. The van der Waals surface area contributed by atoms with Crippen LogP contribution in [0, 0.1) is 5.82 Å². The SMILES string of the molecule is CN1C(=O)Cc2cc(C(=O)c3cc(F)ccc3Br)ccc21. The van der Waals surface area contributed by atoms with Crippen LogP contribution in [0.3, 0.4) is 0 Å². The molecule has 0 aromatic heterocycles. The number of nitrogens with zero attached hydrogens (tertiary/aromatic N) is 1. The number of ketones is 1. The molecule has 106 valence electrons. The van der Waals surface area contributed by atoms with Crippen molar-refractivity contribution in [1.82, 2.24) is 0 Å². The van der Waals surface area contributed by atoms with Gasteiger partial charge in [-0.1, -0.05) is 15.9 Å². The smallest absolute Gasteiger partial charge is 0.231 e. The number of carbonyl (C=O) groups is 2. The Morgan fingerprint density at radius 2 is 2.00 bits per heavy atom. The van der Waals surface area contributed by atoms with E-state index in [1.54, 1.807) is 30.1 Å². The van der Waals surface area contributed by atoms with Gasteiger partial charge in [0.2, 0.25) is 5.91 Å². The van der Waals surface area contributed by atoms with Gasteiger partial charge in [0, 0.05) is 28.3 Å². The Morgan fingerprint density at radius 3 is 2.76 bits per heavy atom. The molecule has 1 aliphatic rings. The number of amides is 1. The normalized spacial score (nSPS) is 13.5. The van der Waals surface area contributed by atoms with Gasteiger partial charge in [0.25, 0.3) is 0 Å². The largest absolute Gasteiger partial charge is 0.315 e. The van der Waals surface area contributed by atoms with Crippen molar-refractivity contribution >= 4 is 33.3 Å². The zero-order valence-corrected chi connectivity index (χ0v) is 12.8. The molecule has 2 aromatic rings. The second-order valence-electron chi connectivity index (χ2n) is 4.93. The highest BCUT2D eigenvalue weighted by atomic mass is 79.9. The maximum Gasteiger partial charge on any atom is 0.231 e. The number of anilines is 1. The highest BCUT2D eigenvalue weighted by molar-refractivity contribution is 9.10. The first-order valence-corrected chi connectivity index (χ1v) is 7.16. The Hall–Kier alpha value is -2.01. The Balaban J connectivity index is 2.02. The fourth-order valence-corrected chi connectivity index (χ4v) is 2.87. The van der Waals surface area contributed by atoms with Crippen molar-refractivity contribution in [3.05, 3.63) is 63.4 Å².